The largest absolute Gasteiger partial charge is 0.359 e. The molecule has 1 heterocycles. The molecule has 17 heavy (non-hydrogen) atoms. The van der Waals surface area contributed by atoms with Crippen molar-refractivity contribution in [1.29, 1.82) is 0 Å². The van der Waals surface area contributed by atoms with Gasteiger partial charge in [0, 0.05) is 19.2 Å². The molecule has 0 saturated heterocycles. The van der Waals surface area contributed by atoms with Gasteiger partial charge in [0.2, 0.25) is 0 Å². The number of aryl methyl sites for hydroxylation is 1. The predicted molar refractivity (Wildman–Crippen MR) is 71.7 cm³/mol. The molecule has 1 aliphatic rings. The highest BCUT2D eigenvalue weighted by Gasteiger charge is 2.19. The highest BCUT2D eigenvalue weighted by Crippen LogP contribution is 2.28. The summed E-state index contributed by atoms with van der Waals surface area (Å²) in [6.45, 7) is 4.95. The molecular formula is C13H20ClN3. The Morgan fingerprint density at radius 2 is 1.88 bits per heavy atom. The monoisotopic (exact) mass is 253 g/mol. The standard InChI is InChI=1S/C13H20ClN3/c1-9-12(14)15-10(2)16-13(9)17(3)8-11-6-4-5-7-11/h11H,4-8H2,1-3H3. The van der Waals surface area contributed by atoms with Crippen molar-refractivity contribution in [3.63, 3.8) is 0 Å². The van der Waals surface area contributed by atoms with Gasteiger partial charge in [0.1, 0.15) is 16.8 Å². The first-order valence-corrected chi connectivity index (χ1v) is 6.67. The third-order valence-corrected chi connectivity index (χ3v) is 3.91. The van der Waals surface area contributed by atoms with Crippen LogP contribution in [0, 0.1) is 19.8 Å². The van der Waals surface area contributed by atoms with Crippen LogP contribution in [0.15, 0.2) is 0 Å². The summed E-state index contributed by atoms with van der Waals surface area (Å²) in [6, 6.07) is 0. The van der Waals surface area contributed by atoms with Crippen LogP contribution in [-0.4, -0.2) is 23.6 Å². The van der Waals surface area contributed by atoms with Crippen LogP contribution in [0.5, 0.6) is 0 Å². The number of aromatic nitrogens is 2. The summed E-state index contributed by atoms with van der Waals surface area (Å²) in [6.07, 6.45) is 5.45. The van der Waals surface area contributed by atoms with Gasteiger partial charge in [-0.05, 0) is 32.6 Å². The zero-order valence-electron chi connectivity index (χ0n) is 10.8. The first kappa shape index (κ1) is 12.6. The highest BCUT2D eigenvalue weighted by atomic mass is 35.5. The third kappa shape index (κ3) is 2.89. The van der Waals surface area contributed by atoms with Crippen molar-refractivity contribution in [3.8, 4) is 0 Å². The van der Waals surface area contributed by atoms with Crippen LogP contribution >= 0.6 is 11.6 Å². The Morgan fingerprint density at radius 3 is 2.53 bits per heavy atom. The fourth-order valence-corrected chi connectivity index (χ4v) is 2.83. The molecule has 0 radical (unpaired) electrons. The lowest BCUT2D eigenvalue weighted by molar-refractivity contribution is 0.544. The molecule has 0 aliphatic heterocycles. The van der Waals surface area contributed by atoms with Gasteiger partial charge in [-0.2, -0.15) is 0 Å². The average Bonchev–Trinajstić information content (AvgIpc) is 2.76. The number of rotatable bonds is 3. The smallest absolute Gasteiger partial charge is 0.137 e. The summed E-state index contributed by atoms with van der Waals surface area (Å²) in [5.74, 6) is 2.54. The summed E-state index contributed by atoms with van der Waals surface area (Å²) in [5, 5.41) is 0.575. The zero-order chi connectivity index (χ0) is 12.4. The van der Waals surface area contributed by atoms with Gasteiger partial charge in [0.25, 0.3) is 0 Å². The molecule has 4 heteroatoms. The van der Waals surface area contributed by atoms with Gasteiger partial charge in [-0.3, -0.25) is 0 Å². The molecular weight excluding hydrogens is 234 g/mol. The van der Waals surface area contributed by atoms with Crippen molar-refractivity contribution in [3.05, 3.63) is 16.5 Å². The summed E-state index contributed by atoms with van der Waals surface area (Å²) in [5.41, 5.74) is 0.984. The SMILES string of the molecule is Cc1nc(Cl)c(C)c(N(C)CC2CCCC2)n1. The molecule has 0 bridgehead atoms. The molecule has 1 saturated carbocycles. The number of hydrogen-bond acceptors (Lipinski definition) is 3. The van der Waals surface area contributed by atoms with E-state index in [-0.39, 0.29) is 0 Å². The topological polar surface area (TPSA) is 29.0 Å². The maximum absolute atomic E-state index is 6.10. The molecule has 0 aromatic carbocycles. The van der Waals surface area contributed by atoms with E-state index in [1.54, 1.807) is 0 Å². The number of hydrogen-bond donors (Lipinski definition) is 0. The molecule has 1 aromatic rings. The van der Waals surface area contributed by atoms with Gasteiger partial charge >= 0.3 is 0 Å². The first-order valence-electron chi connectivity index (χ1n) is 6.30. The minimum absolute atomic E-state index is 0.575. The Bertz CT molecular complexity index is 400. The number of halogens is 1. The van der Waals surface area contributed by atoms with Crippen molar-refractivity contribution < 1.29 is 0 Å². The van der Waals surface area contributed by atoms with Crippen LogP contribution in [0.2, 0.25) is 5.15 Å². The molecule has 0 unspecified atom stereocenters. The Hall–Kier alpha value is -0.830. The van der Waals surface area contributed by atoms with Crippen LogP contribution in [0.4, 0.5) is 5.82 Å². The lowest BCUT2D eigenvalue weighted by Gasteiger charge is -2.24. The predicted octanol–water partition coefficient (Wildman–Crippen LogP) is 3.37. The van der Waals surface area contributed by atoms with E-state index < -0.39 is 0 Å². The summed E-state index contributed by atoms with van der Waals surface area (Å²) in [4.78, 5) is 10.9. The van der Waals surface area contributed by atoms with E-state index >= 15 is 0 Å². The van der Waals surface area contributed by atoms with Crippen molar-refractivity contribution >= 4 is 17.4 Å². The van der Waals surface area contributed by atoms with Gasteiger partial charge < -0.3 is 4.90 Å². The van der Waals surface area contributed by atoms with E-state index in [0.717, 1.165) is 29.7 Å². The number of anilines is 1. The molecule has 94 valence electrons. The highest BCUT2D eigenvalue weighted by molar-refractivity contribution is 6.30. The molecule has 0 amide bonds. The second-order valence-corrected chi connectivity index (χ2v) is 5.40. The first-order chi connectivity index (χ1) is 8.08. The van der Waals surface area contributed by atoms with E-state index in [9.17, 15) is 0 Å². The summed E-state index contributed by atoms with van der Waals surface area (Å²) >= 11 is 6.10. The van der Waals surface area contributed by atoms with Crippen LogP contribution in [0.1, 0.15) is 37.1 Å². The van der Waals surface area contributed by atoms with Crippen molar-refractivity contribution in [1.82, 2.24) is 9.97 Å². The maximum Gasteiger partial charge on any atom is 0.137 e. The summed E-state index contributed by atoms with van der Waals surface area (Å²) < 4.78 is 0. The maximum atomic E-state index is 6.10. The minimum Gasteiger partial charge on any atom is -0.359 e. The van der Waals surface area contributed by atoms with Gasteiger partial charge in [-0.15, -0.1) is 0 Å². The van der Waals surface area contributed by atoms with Crippen molar-refractivity contribution in [2.24, 2.45) is 5.92 Å². The van der Waals surface area contributed by atoms with Crippen molar-refractivity contribution in [2.75, 3.05) is 18.5 Å². The lowest BCUT2D eigenvalue weighted by Crippen LogP contribution is -2.26. The Morgan fingerprint density at radius 1 is 1.24 bits per heavy atom. The molecule has 0 atom stereocenters. The Balaban J connectivity index is 2.14. The normalized spacial score (nSPS) is 16.5. The molecule has 2 rings (SSSR count). The van der Waals surface area contributed by atoms with Gasteiger partial charge in [0.15, 0.2) is 0 Å². The molecule has 0 N–H and O–H groups in total. The van der Waals surface area contributed by atoms with Crippen LogP contribution < -0.4 is 4.90 Å². The second kappa shape index (κ2) is 5.21. The fraction of sp³-hybridized carbons (Fsp3) is 0.692. The van der Waals surface area contributed by atoms with E-state index in [0.29, 0.717) is 5.15 Å². The minimum atomic E-state index is 0.575. The second-order valence-electron chi connectivity index (χ2n) is 5.04. The van der Waals surface area contributed by atoms with Crippen molar-refractivity contribution in [2.45, 2.75) is 39.5 Å². The zero-order valence-corrected chi connectivity index (χ0v) is 11.6. The fourth-order valence-electron chi connectivity index (χ4n) is 2.62. The van der Waals surface area contributed by atoms with Gasteiger partial charge in [-0.1, -0.05) is 24.4 Å². The van der Waals surface area contributed by atoms with Crippen LogP contribution in [0.3, 0.4) is 0 Å². The third-order valence-electron chi connectivity index (χ3n) is 3.54. The molecule has 1 aromatic heterocycles. The number of nitrogens with zero attached hydrogens (tertiary/aromatic N) is 3. The van der Waals surface area contributed by atoms with E-state index in [1.165, 1.54) is 25.7 Å². The van der Waals surface area contributed by atoms with Crippen LogP contribution in [0.25, 0.3) is 0 Å². The van der Waals surface area contributed by atoms with E-state index in [2.05, 4.69) is 21.9 Å². The van der Waals surface area contributed by atoms with Gasteiger partial charge in [-0.25, -0.2) is 9.97 Å². The van der Waals surface area contributed by atoms with E-state index in [4.69, 9.17) is 11.6 Å². The molecule has 1 aliphatic carbocycles. The Kier molecular flexibility index (Phi) is 3.87. The molecule has 0 spiro atoms. The lowest BCUT2D eigenvalue weighted by atomic mass is 10.1. The van der Waals surface area contributed by atoms with Gasteiger partial charge in [0.05, 0.1) is 0 Å². The summed E-state index contributed by atoms with van der Waals surface area (Å²) in [7, 11) is 2.10. The average molecular weight is 254 g/mol. The quantitative estimate of drug-likeness (QED) is 0.774. The molecule has 1 fully saturated rings. The molecule has 3 nitrogen and oxygen atoms in total. The van der Waals surface area contributed by atoms with Crippen LogP contribution in [-0.2, 0) is 0 Å². The van der Waals surface area contributed by atoms with E-state index in [1.807, 2.05) is 13.8 Å². The Labute approximate surface area is 108 Å².